The van der Waals surface area contributed by atoms with Gasteiger partial charge in [-0.15, -0.1) is 0 Å². The van der Waals surface area contributed by atoms with Crippen LogP contribution in [0.25, 0.3) is 0 Å². The Hall–Kier alpha value is -0.650. The first-order valence-corrected chi connectivity index (χ1v) is 1.48. The zero-order valence-electron chi connectivity index (χ0n) is 3.12. The van der Waals surface area contributed by atoms with Crippen molar-refractivity contribution in [1.82, 2.24) is 0 Å². The number of aliphatic hydroxyl groups is 1. The van der Waals surface area contributed by atoms with E-state index in [4.69, 9.17) is 10.2 Å². The predicted molar refractivity (Wildman–Crippen MR) is 14.8 cm³/mol. The summed E-state index contributed by atoms with van der Waals surface area (Å²) < 4.78 is 0. The third-order valence-corrected chi connectivity index (χ3v) is 0.511. The summed E-state index contributed by atoms with van der Waals surface area (Å²) in [5.74, 6) is -3.87. The molecule has 1 fully saturated rings. The summed E-state index contributed by atoms with van der Waals surface area (Å²) in [5.41, 5.74) is 0. The highest BCUT2D eigenvalue weighted by molar-refractivity contribution is 5.74. The fourth-order valence-electron chi connectivity index (χ4n) is 0.111. The highest BCUT2D eigenvalue weighted by atomic mass is 17.4. The largest absolute Gasteiger partial charge is 0.475 e. The molecule has 0 aliphatic carbocycles. The Bertz CT molecular complexity index is 103. The van der Waals surface area contributed by atoms with E-state index in [2.05, 4.69) is 9.78 Å². The van der Waals surface area contributed by atoms with E-state index in [9.17, 15) is 4.79 Å². The summed E-state index contributed by atoms with van der Waals surface area (Å²) in [5, 5.41) is 16.0. The molecule has 0 unspecified atom stereocenters. The molecule has 0 atom stereocenters. The Morgan fingerprint density at radius 3 is 2.00 bits per heavy atom. The lowest BCUT2D eigenvalue weighted by atomic mass is 10.6. The van der Waals surface area contributed by atoms with Gasteiger partial charge in [0.05, 0.1) is 0 Å². The zero-order chi connectivity index (χ0) is 5.49. The van der Waals surface area contributed by atoms with Crippen LogP contribution in [0.3, 0.4) is 0 Å². The Balaban J connectivity index is 2.55. The fourth-order valence-corrected chi connectivity index (χ4v) is 0.111. The van der Waals surface area contributed by atoms with Gasteiger partial charge in [0.15, 0.2) is 0 Å². The lowest BCUT2D eigenvalue weighted by molar-refractivity contribution is -0.159. The summed E-state index contributed by atoms with van der Waals surface area (Å²) in [6, 6.07) is 0. The molecule has 40 valence electrons. The van der Waals surface area contributed by atoms with Crippen LogP contribution in [0.4, 0.5) is 0 Å². The molecule has 1 aliphatic rings. The van der Waals surface area contributed by atoms with Gasteiger partial charge in [0.25, 0.3) is 0 Å². The van der Waals surface area contributed by atoms with Crippen molar-refractivity contribution >= 4 is 5.97 Å². The molecule has 0 aromatic rings. The maximum Gasteiger partial charge on any atom is 0.437 e. The smallest absolute Gasteiger partial charge is 0.437 e. The van der Waals surface area contributed by atoms with E-state index in [1.807, 2.05) is 0 Å². The third-order valence-electron chi connectivity index (χ3n) is 0.511. The van der Waals surface area contributed by atoms with Gasteiger partial charge in [0.2, 0.25) is 0 Å². The van der Waals surface area contributed by atoms with Crippen LogP contribution in [-0.2, 0) is 14.6 Å². The molecule has 1 heterocycles. The molecule has 5 nitrogen and oxygen atoms in total. The molecular formula is C2H2O5. The van der Waals surface area contributed by atoms with Crippen molar-refractivity contribution in [2.75, 3.05) is 0 Å². The molecule has 1 saturated heterocycles. The van der Waals surface area contributed by atoms with Gasteiger partial charge in [-0.25, -0.2) is 4.79 Å². The Morgan fingerprint density at radius 1 is 1.57 bits per heavy atom. The average molecular weight is 106 g/mol. The monoisotopic (exact) mass is 106 g/mol. The van der Waals surface area contributed by atoms with E-state index in [-0.39, 0.29) is 0 Å². The molecule has 0 bridgehead atoms. The van der Waals surface area contributed by atoms with Gasteiger partial charge in [-0.3, -0.25) is 0 Å². The number of hydrogen-bond donors (Lipinski definition) is 2. The average Bonchev–Trinajstić information content (AvgIpc) is 2.21. The van der Waals surface area contributed by atoms with Crippen molar-refractivity contribution in [3.63, 3.8) is 0 Å². The lowest BCUT2D eigenvalue weighted by Crippen LogP contribution is -2.21. The summed E-state index contributed by atoms with van der Waals surface area (Å²) in [4.78, 5) is 16.8. The molecule has 1 rings (SSSR count). The van der Waals surface area contributed by atoms with E-state index in [0.717, 1.165) is 0 Å². The number of carboxylic acids is 1. The number of carbonyl (C=O) groups is 1. The summed E-state index contributed by atoms with van der Waals surface area (Å²) >= 11 is 0. The van der Waals surface area contributed by atoms with Crippen LogP contribution in [0.1, 0.15) is 0 Å². The van der Waals surface area contributed by atoms with E-state index in [0.29, 0.717) is 0 Å². The van der Waals surface area contributed by atoms with E-state index >= 15 is 0 Å². The number of carboxylic acid groups (broad SMARTS) is 1. The van der Waals surface area contributed by atoms with Crippen LogP contribution >= 0.6 is 0 Å². The topological polar surface area (TPSA) is 82.6 Å². The van der Waals surface area contributed by atoms with Gasteiger partial charge in [-0.05, 0) is 0 Å². The highest BCUT2D eigenvalue weighted by Crippen LogP contribution is 2.24. The Labute approximate surface area is 38.0 Å². The van der Waals surface area contributed by atoms with Crippen molar-refractivity contribution in [2.24, 2.45) is 0 Å². The van der Waals surface area contributed by atoms with Gasteiger partial charge < -0.3 is 10.2 Å². The molecule has 0 saturated carbocycles. The van der Waals surface area contributed by atoms with Crippen LogP contribution in [-0.4, -0.2) is 22.2 Å². The first kappa shape index (κ1) is 4.51. The Kier molecular flexibility index (Phi) is 0.609. The van der Waals surface area contributed by atoms with E-state index in [1.165, 1.54) is 0 Å². The normalized spacial score (nSPS) is 24.1. The van der Waals surface area contributed by atoms with Crippen molar-refractivity contribution in [3.8, 4) is 0 Å². The molecule has 1 aliphatic heterocycles. The minimum Gasteiger partial charge on any atom is -0.475 e. The predicted octanol–water partition coefficient (Wildman–Crippen LogP) is -1.32. The molecule has 0 spiro atoms. The molecule has 5 heteroatoms. The van der Waals surface area contributed by atoms with Crippen molar-refractivity contribution in [2.45, 2.75) is 5.97 Å². The number of hydrogen-bond acceptors (Lipinski definition) is 4. The SMILES string of the molecule is O=C(O)C1(O)OO1. The molecular weight excluding hydrogens is 104 g/mol. The molecule has 0 aromatic heterocycles. The van der Waals surface area contributed by atoms with Crippen LogP contribution in [0.15, 0.2) is 0 Å². The molecule has 7 heavy (non-hydrogen) atoms. The molecule has 0 amide bonds. The standard InChI is InChI=1S/C2H2O5/c3-1(4)2(5)6-7-2/h5H,(H,3,4). The number of rotatable bonds is 1. The summed E-state index contributed by atoms with van der Waals surface area (Å²) in [6.45, 7) is 0. The fraction of sp³-hybridized carbons (Fsp3) is 0.500. The van der Waals surface area contributed by atoms with Crippen LogP contribution in [0.2, 0.25) is 0 Å². The summed E-state index contributed by atoms with van der Waals surface area (Å²) in [7, 11) is 0. The lowest BCUT2D eigenvalue weighted by Gasteiger charge is -1.83. The van der Waals surface area contributed by atoms with Gasteiger partial charge >= 0.3 is 11.9 Å². The second kappa shape index (κ2) is 0.945. The van der Waals surface area contributed by atoms with E-state index < -0.39 is 11.9 Å². The highest BCUT2D eigenvalue weighted by Gasteiger charge is 2.56. The maximum absolute atomic E-state index is 9.58. The summed E-state index contributed by atoms with van der Waals surface area (Å²) in [6.07, 6.45) is 0. The van der Waals surface area contributed by atoms with Gasteiger partial charge in [-0.1, -0.05) is 0 Å². The van der Waals surface area contributed by atoms with Crippen molar-refractivity contribution in [1.29, 1.82) is 0 Å². The van der Waals surface area contributed by atoms with Gasteiger partial charge in [0.1, 0.15) is 0 Å². The van der Waals surface area contributed by atoms with Crippen LogP contribution in [0, 0.1) is 0 Å². The third kappa shape index (κ3) is 0.560. The quantitative estimate of drug-likeness (QED) is 0.320. The van der Waals surface area contributed by atoms with Crippen LogP contribution in [0.5, 0.6) is 0 Å². The molecule has 0 radical (unpaired) electrons. The maximum atomic E-state index is 9.58. The Morgan fingerprint density at radius 2 is 2.00 bits per heavy atom. The van der Waals surface area contributed by atoms with Crippen molar-refractivity contribution < 1.29 is 24.8 Å². The molecule has 2 N–H and O–H groups in total. The minimum atomic E-state index is -2.33. The van der Waals surface area contributed by atoms with Crippen LogP contribution < -0.4 is 0 Å². The van der Waals surface area contributed by atoms with Gasteiger partial charge in [-0.2, -0.15) is 9.78 Å². The zero-order valence-corrected chi connectivity index (χ0v) is 3.12. The van der Waals surface area contributed by atoms with Gasteiger partial charge in [0, 0.05) is 0 Å². The minimum absolute atomic E-state index is 1.53. The first-order valence-electron chi connectivity index (χ1n) is 1.48. The van der Waals surface area contributed by atoms with E-state index in [1.54, 1.807) is 0 Å². The van der Waals surface area contributed by atoms with Crippen molar-refractivity contribution in [3.05, 3.63) is 0 Å². The second-order valence-corrected chi connectivity index (χ2v) is 1.05. The second-order valence-electron chi connectivity index (χ2n) is 1.05. The molecule has 0 aromatic carbocycles. The first-order chi connectivity index (χ1) is 3.15. The number of aliphatic carboxylic acids is 1.